The lowest BCUT2D eigenvalue weighted by molar-refractivity contribution is 0.0949. The van der Waals surface area contributed by atoms with Gasteiger partial charge in [0.25, 0.3) is 5.91 Å². The van der Waals surface area contributed by atoms with Crippen molar-refractivity contribution in [2.45, 2.75) is 11.4 Å². The normalized spacial score (nSPS) is 11.2. The number of amides is 1. The quantitative estimate of drug-likeness (QED) is 0.367. The molecule has 0 saturated carbocycles. The Hall–Kier alpha value is -3.91. The van der Waals surface area contributed by atoms with Crippen LogP contribution in [0.1, 0.15) is 15.9 Å². The zero-order chi connectivity index (χ0) is 21.8. The maximum atomic E-state index is 12.8. The van der Waals surface area contributed by atoms with Crippen LogP contribution in [0.4, 0.5) is 0 Å². The zero-order valence-electron chi connectivity index (χ0n) is 16.1. The Balaban J connectivity index is 1.58. The van der Waals surface area contributed by atoms with Crippen LogP contribution in [0, 0.1) is 0 Å². The molecular formula is C23H17NO6S. The predicted octanol–water partition coefficient (Wildman–Crippen LogP) is 3.49. The summed E-state index contributed by atoms with van der Waals surface area (Å²) in [4.78, 5) is 23.8. The Morgan fingerprint density at radius 1 is 0.903 bits per heavy atom. The fraction of sp³-hybridized carbons (Fsp3) is 0.0435. The SMILES string of the molecule is O=C(NCc1ccccc1)c1ccccc1OS(=O)(=O)c1ccc2oc(=O)ccc2c1. The van der Waals surface area contributed by atoms with Gasteiger partial charge in [0.1, 0.15) is 10.5 Å². The van der Waals surface area contributed by atoms with Crippen LogP contribution < -0.4 is 15.1 Å². The summed E-state index contributed by atoms with van der Waals surface area (Å²) in [6, 6.07) is 22.1. The van der Waals surface area contributed by atoms with Gasteiger partial charge in [-0.2, -0.15) is 8.42 Å². The molecule has 0 saturated heterocycles. The van der Waals surface area contributed by atoms with Crippen molar-refractivity contribution in [1.82, 2.24) is 5.32 Å². The second-order valence-corrected chi connectivity index (χ2v) is 8.20. The number of benzene rings is 3. The van der Waals surface area contributed by atoms with E-state index in [2.05, 4.69) is 5.32 Å². The molecule has 3 aromatic carbocycles. The molecule has 8 heteroatoms. The van der Waals surface area contributed by atoms with Crippen LogP contribution in [-0.2, 0) is 16.7 Å². The van der Waals surface area contributed by atoms with Gasteiger partial charge in [0.15, 0.2) is 5.75 Å². The first-order chi connectivity index (χ1) is 14.9. The summed E-state index contributed by atoms with van der Waals surface area (Å²) in [6.07, 6.45) is 0. The van der Waals surface area contributed by atoms with Crippen LogP contribution in [-0.4, -0.2) is 14.3 Å². The molecule has 4 rings (SSSR count). The Kier molecular flexibility index (Phi) is 5.55. The third-order valence-electron chi connectivity index (χ3n) is 4.51. The lowest BCUT2D eigenvalue weighted by atomic mass is 10.1. The molecule has 1 heterocycles. The van der Waals surface area contributed by atoms with Gasteiger partial charge in [0.05, 0.1) is 5.56 Å². The van der Waals surface area contributed by atoms with Crippen LogP contribution >= 0.6 is 0 Å². The number of nitrogens with one attached hydrogen (secondary N) is 1. The standard InChI is InChI=1S/C23H17NO6S/c25-22-13-10-17-14-18(11-12-20(17)29-22)31(27,28)30-21-9-5-4-8-19(21)23(26)24-15-16-6-2-1-3-7-16/h1-14H,15H2,(H,24,26). The van der Waals surface area contributed by atoms with Crippen molar-refractivity contribution in [3.8, 4) is 5.75 Å². The molecular weight excluding hydrogens is 418 g/mol. The smallest absolute Gasteiger partial charge is 0.339 e. The highest BCUT2D eigenvalue weighted by Gasteiger charge is 2.21. The molecule has 1 N–H and O–H groups in total. The van der Waals surface area contributed by atoms with Crippen molar-refractivity contribution in [1.29, 1.82) is 0 Å². The van der Waals surface area contributed by atoms with E-state index in [0.29, 0.717) is 5.39 Å². The minimum atomic E-state index is -4.24. The van der Waals surface area contributed by atoms with Gasteiger partial charge in [-0.15, -0.1) is 0 Å². The number of hydrogen-bond acceptors (Lipinski definition) is 6. The molecule has 4 aromatic rings. The van der Waals surface area contributed by atoms with Crippen LogP contribution in [0.3, 0.4) is 0 Å². The van der Waals surface area contributed by atoms with Gasteiger partial charge in [-0.3, -0.25) is 4.79 Å². The Bertz CT molecular complexity index is 1410. The Labute approximate surface area is 178 Å². The summed E-state index contributed by atoms with van der Waals surface area (Å²) in [5, 5.41) is 3.18. The summed E-state index contributed by atoms with van der Waals surface area (Å²) in [6.45, 7) is 0.288. The van der Waals surface area contributed by atoms with Crippen molar-refractivity contribution >= 4 is 27.0 Å². The molecule has 0 unspecified atom stereocenters. The van der Waals surface area contributed by atoms with E-state index in [1.54, 1.807) is 12.1 Å². The van der Waals surface area contributed by atoms with Gasteiger partial charge in [-0.25, -0.2) is 4.79 Å². The Morgan fingerprint density at radius 3 is 2.45 bits per heavy atom. The molecule has 0 atom stereocenters. The van der Waals surface area contributed by atoms with Gasteiger partial charge >= 0.3 is 15.7 Å². The molecule has 1 aromatic heterocycles. The van der Waals surface area contributed by atoms with Crippen LogP contribution in [0.15, 0.2) is 99.0 Å². The van der Waals surface area contributed by atoms with Crippen molar-refractivity contribution in [3.05, 3.63) is 106 Å². The van der Waals surface area contributed by atoms with E-state index in [1.807, 2.05) is 30.3 Å². The largest absolute Gasteiger partial charge is 0.423 e. The molecule has 7 nitrogen and oxygen atoms in total. The van der Waals surface area contributed by atoms with Crippen LogP contribution in [0.25, 0.3) is 11.0 Å². The van der Waals surface area contributed by atoms with Gasteiger partial charge in [0, 0.05) is 18.0 Å². The number of fused-ring (bicyclic) bond motifs is 1. The molecule has 0 spiro atoms. The first-order valence-corrected chi connectivity index (χ1v) is 10.7. The minimum Gasteiger partial charge on any atom is -0.423 e. The first kappa shape index (κ1) is 20.4. The summed E-state index contributed by atoms with van der Waals surface area (Å²) in [7, 11) is -4.24. The molecule has 0 aliphatic rings. The van der Waals surface area contributed by atoms with Crippen LogP contribution in [0.2, 0.25) is 0 Å². The number of carbonyl (C=O) groups is 1. The fourth-order valence-electron chi connectivity index (χ4n) is 2.97. The maximum Gasteiger partial charge on any atom is 0.339 e. The number of carbonyl (C=O) groups excluding carboxylic acids is 1. The first-order valence-electron chi connectivity index (χ1n) is 9.32. The zero-order valence-corrected chi connectivity index (χ0v) is 17.0. The highest BCUT2D eigenvalue weighted by Crippen LogP contribution is 2.25. The van der Waals surface area contributed by atoms with E-state index in [-0.39, 0.29) is 28.3 Å². The minimum absolute atomic E-state index is 0.0900. The highest BCUT2D eigenvalue weighted by molar-refractivity contribution is 7.87. The van der Waals surface area contributed by atoms with Crippen LogP contribution in [0.5, 0.6) is 5.75 Å². The van der Waals surface area contributed by atoms with E-state index in [1.165, 1.54) is 42.5 Å². The van der Waals surface area contributed by atoms with Gasteiger partial charge in [0.2, 0.25) is 0 Å². The highest BCUT2D eigenvalue weighted by atomic mass is 32.2. The van der Waals surface area contributed by atoms with E-state index in [4.69, 9.17) is 8.60 Å². The summed E-state index contributed by atoms with van der Waals surface area (Å²) < 4.78 is 35.9. The Morgan fingerprint density at radius 2 is 1.65 bits per heavy atom. The number of rotatable bonds is 6. The van der Waals surface area contributed by atoms with Gasteiger partial charge in [-0.1, -0.05) is 42.5 Å². The molecule has 0 aliphatic carbocycles. The summed E-state index contributed by atoms with van der Waals surface area (Å²) in [5.74, 6) is -0.553. The number of para-hydroxylation sites is 1. The van der Waals surface area contributed by atoms with Crippen molar-refractivity contribution in [3.63, 3.8) is 0 Å². The molecule has 0 fully saturated rings. The third kappa shape index (κ3) is 4.65. The van der Waals surface area contributed by atoms with Gasteiger partial charge in [-0.05, 0) is 42.0 Å². The summed E-state index contributed by atoms with van der Waals surface area (Å²) >= 11 is 0. The van der Waals surface area contributed by atoms with E-state index in [0.717, 1.165) is 5.56 Å². The third-order valence-corrected chi connectivity index (χ3v) is 5.74. The molecule has 1 amide bonds. The van der Waals surface area contributed by atoms with E-state index in [9.17, 15) is 18.0 Å². The van der Waals surface area contributed by atoms with Crippen molar-refractivity contribution in [2.24, 2.45) is 0 Å². The number of hydrogen-bond donors (Lipinski definition) is 1. The second-order valence-electron chi connectivity index (χ2n) is 6.66. The van der Waals surface area contributed by atoms with Crippen molar-refractivity contribution in [2.75, 3.05) is 0 Å². The molecule has 31 heavy (non-hydrogen) atoms. The monoisotopic (exact) mass is 435 g/mol. The predicted molar refractivity (Wildman–Crippen MR) is 114 cm³/mol. The lowest BCUT2D eigenvalue weighted by Crippen LogP contribution is -2.24. The maximum absolute atomic E-state index is 12.8. The average Bonchev–Trinajstić information content (AvgIpc) is 2.78. The molecule has 0 aliphatic heterocycles. The fourth-order valence-corrected chi connectivity index (χ4v) is 3.96. The lowest BCUT2D eigenvalue weighted by Gasteiger charge is -2.12. The molecule has 156 valence electrons. The topological polar surface area (TPSA) is 103 Å². The second kappa shape index (κ2) is 8.45. The average molecular weight is 435 g/mol. The molecule has 0 radical (unpaired) electrons. The summed E-state index contributed by atoms with van der Waals surface area (Å²) in [5.41, 5.74) is 0.723. The van der Waals surface area contributed by atoms with Crippen molar-refractivity contribution < 1.29 is 21.8 Å². The molecule has 0 bridgehead atoms. The van der Waals surface area contributed by atoms with Gasteiger partial charge < -0.3 is 13.9 Å². The van der Waals surface area contributed by atoms with E-state index >= 15 is 0 Å². The van der Waals surface area contributed by atoms with E-state index < -0.39 is 21.7 Å².